The van der Waals surface area contributed by atoms with E-state index in [0.29, 0.717) is 0 Å². The molecule has 4 heteroatoms. The SMILES string of the molecule is Cc1ccc(F)cc1NC(C)c1cnn(C)c1. The van der Waals surface area contributed by atoms with Crippen LogP contribution in [-0.4, -0.2) is 9.78 Å². The van der Waals surface area contributed by atoms with E-state index in [-0.39, 0.29) is 11.9 Å². The summed E-state index contributed by atoms with van der Waals surface area (Å²) in [5.41, 5.74) is 2.93. The average molecular weight is 233 g/mol. The van der Waals surface area contributed by atoms with E-state index in [9.17, 15) is 4.39 Å². The molecule has 90 valence electrons. The molecule has 1 aromatic carbocycles. The van der Waals surface area contributed by atoms with Gasteiger partial charge in [-0.15, -0.1) is 0 Å². The normalized spacial score (nSPS) is 12.5. The van der Waals surface area contributed by atoms with Crippen LogP contribution in [0.25, 0.3) is 0 Å². The highest BCUT2D eigenvalue weighted by Crippen LogP contribution is 2.22. The number of benzene rings is 1. The van der Waals surface area contributed by atoms with E-state index in [4.69, 9.17) is 0 Å². The van der Waals surface area contributed by atoms with E-state index in [2.05, 4.69) is 10.4 Å². The van der Waals surface area contributed by atoms with Crippen molar-refractivity contribution in [3.63, 3.8) is 0 Å². The van der Waals surface area contributed by atoms with E-state index < -0.39 is 0 Å². The minimum Gasteiger partial charge on any atom is -0.378 e. The molecule has 0 aliphatic rings. The van der Waals surface area contributed by atoms with E-state index in [0.717, 1.165) is 16.8 Å². The number of rotatable bonds is 3. The smallest absolute Gasteiger partial charge is 0.125 e. The van der Waals surface area contributed by atoms with Gasteiger partial charge in [-0.05, 0) is 31.5 Å². The van der Waals surface area contributed by atoms with Gasteiger partial charge in [0, 0.05) is 24.5 Å². The third kappa shape index (κ3) is 2.64. The fraction of sp³-hybridized carbons (Fsp3) is 0.308. The molecule has 0 aliphatic carbocycles. The molecule has 2 rings (SSSR count). The Balaban J connectivity index is 2.18. The summed E-state index contributed by atoms with van der Waals surface area (Å²) in [5.74, 6) is -0.225. The summed E-state index contributed by atoms with van der Waals surface area (Å²) in [4.78, 5) is 0. The second-order valence-corrected chi connectivity index (χ2v) is 4.27. The Morgan fingerprint density at radius 2 is 2.18 bits per heavy atom. The minimum atomic E-state index is -0.225. The summed E-state index contributed by atoms with van der Waals surface area (Å²) < 4.78 is 14.9. The van der Waals surface area contributed by atoms with Gasteiger partial charge in [-0.1, -0.05) is 6.07 Å². The maximum atomic E-state index is 13.1. The average Bonchev–Trinajstić information content (AvgIpc) is 2.70. The number of aromatic nitrogens is 2. The van der Waals surface area contributed by atoms with Crippen molar-refractivity contribution in [3.8, 4) is 0 Å². The van der Waals surface area contributed by atoms with E-state index in [1.807, 2.05) is 33.3 Å². The largest absolute Gasteiger partial charge is 0.378 e. The molecule has 3 nitrogen and oxygen atoms in total. The van der Waals surface area contributed by atoms with E-state index >= 15 is 0 Å². The first-order valence-corrected chi connectivity index (χ1v) is 5.57. The lowest BCUT2D eigenvalue weighted by Crippen LogP contribution is -2.07. The van der Waals surface area contributed by atoms with Gasteiger partial charge in [0.1, 0.15) is 5.82 Å². The summed E-state index contributed by atoms with van der Waals surface area (Å²) in [6, 6.07) is 4.86. The predicted octanol–water partition coefficient (Wildman–Crippen LogP) is 3.04. The molecule has 1 aromatic heterocycles. The molecule has 0 fully saturated rings. The Bertz CT molecular complexity index is 519. The number of anilines is 1. The molecule has 0 amide bonds. The fourth-order valence-electron chi connectivity index (χ4n) is 1.73. The highest BCUT2D eigenvalue weighted by Gasteiger charge is 2.09. The van der Waals surface area contributed by atoms with Crippen molar-refractivity contribution in [2.24, 2.45) is 7.05 Å². The maximum Gasteiger partial charge on any atom is 0.125 e. The Morgan fingerprint density at radius 3 is 2.82 bits per heavy atom. The summed E-state index contributed by atoms with van der Waals surface area (Å²) in [6.45, 7) is 3.99. The van der Waals surface area contributed by atoms with Crippen LogP contribution in [0.2, 0.25) is 0 Å². The van der Waals surface area contributed by atoms with Gasteiger partial charge < -0.3 is 5.32 Å². The van der Waals surface area contributed by atoms with Gasteiger partial charge in [-0.2, -0.15) is 5.10 Å². The summed E-state index contributed by atoms with van der Waals surface area (Å²) in [5, 5.41) is 7.41. The van der Waals surface area contributed by atoms with E-state index in [1.165, 1.54) is 12.1 Å². The van der Waals surface area contributed by atoms with Gasteiger partial charge in [0.25, 0.3) is 0 Å². The summed E-state index contributed by atoms with van der Waals surface area (Å²) in [7, 11) is 1.88. The molecule has 0 radical (unpaired) electrons. The molecule has 17 heavy (non-hydrogen) atoms. The Morgan fingerprint density at radius 1 is 1.41 bits per heavy atom. The standard InChI is InChI=1S/C13H16FN3/c1-9-4-5-12(14)6-13(9)16-10(2)11-7-15-17(3)8-11/h4-8,10,16H,1-3H3. The zero-order valence-electron chi connectivity index (χ0n) is 10.2. The van der Waals surface area contributed by atoms with Crippen LogP contribution in [0.5, 0.6) is 0 Å². The first-order chi connectivity index (χ1) is 8.06. The van der Waals surface area contributed by atoms with Crippen molar-refractivity contribution in [2.75, 3.05) is 5.32 Å². The highest BCUT2D eigenvalue weighted by atomic mass is 19.1. The number of hydrogen-bond donors (Lipinski definition) is 1. The topological polar surface area (TPSA) is 29.9 Å². The lowest BCUT2D eigenvalue weighted by atomic mass is 10.1. The van der Waals surface area contributed by atoms with Crippen molar-refractivity contribution in [3.05, 3.63) is 47.5 Å². The molecule has 1 unspecified atom stereocenters. The number of halogens is 1. The zero-order chi connectivity index (χ0) is 12.4. The number of aryl methyl sites for hydroxylation is 2. The van der Waals surface area contributed by atoms with Crippen LogP contribution in [0.4, 0.5) is 10.1 Å². The molecule has 0 spiro atoms. The van der Waals surface area contributed by atoms with Crippen molar-refractivity contribution < 1.29 is 4.39 Å². The van der Waals surface area contributed by atoms with Gasteiger partial charge in [-0.25, -0.2) is 4.39 Å². The van der Waals surface area contributed by atoms with Gasteiger partial charge in [0.2, 0.25) is 0 Å². The van der Waals surface area contributed by atoms with Crippen LogP contribution in [0.15, 0.2) is 30.6 Å². The van der Waals surface area contributed by atoms with Crippen LogP contribution in [-0.2, 0) is 7.05 Å². The number of hydrogen-bond acceptors (Lipinski definition) is 2. The summed E-state index contributed by atoms with van der Waals surface area (Å²) >= 11 is 0. The Labute approximate surface area is 100 Å². The molecule has 0 saturated carbocycles. The number of nitrogens with one attached hydrogen (secondary N) is 1. The van der Waals surface area contributed by atoms with Gasteiger partial charge in [0.05, 0.1) is 12.2 Å². The van der Waals surface area contributed by atoms with Crippen molar-refractivity contribution >= 4 is 5.69 Å². The molecule has 2 aromatic rings. The molecule has 1 atom stereocenters. The molecule has 1 heterocycles. The molecule has 0 saturated heterocycles. The van der Waals surface area contributed by atoms with E-state index in [1.54, 1.807) is 10.7 Å². The lowest BCUT2D eigenvalue weighted by molar-refractivity contribution is 0.627. The van der Waals surface area contributed by atoms with Gasteiger partial charge >= 0.3 is 0 Å². The molecular formula is C13H16FN3. The van der Waals surface area contributed by atoms with Crippen molar-refractivity contribution in [1.29, 1.82) is 0 Å². The van der Waals surface area contributed by atoms with Crippen molar-refractivity contribution in [2.45, 2.75) is 19.9 Å². The van der Waals surface area contributed by atoms with Crippen LogP contribution in [0, 0.1) is 12.7 Å². The quantitative estimate of drug-likeness (QED) is 0.883. The number of nitrogens with zero attached hydrogens (tertiary/aromatic N) is 2. The fourth-order valence-corrected chi connectivity index (χ4v) is 1.73. The van der Waals surface area contributed by atoms with Crippen LogP contribution >= 0.6 is 0 Å². The molecule has 0 bridgehead atoms. The monoisotopic (exact) mass is 233 g/mol. The molecule has 1 N–H and O–H groups in total. The molecular weight excluding hydrogens is 217 g/mol. The first kappa shape index (κ1) is 11.6. The first-order valence-electron chi connectivity index (χ1n) is 5.57. The Hall–Kier alpha value is -1.84. The summed E-state index contributed by atoms with van der Waals surface area (Å²) in [6.07, 6.45) is 3.76. The lowest BCUT2D eigenvalue weighted by Gasteiger charge is -2.15. The maximum absolute atomic E-state index is 13.1. The minimum absolute atomic E-state index is 0.101. The second kappa shape index (κ2) is 4.57. The van der Waals surface area contributed by atoms with Crippen LogP contribution in [0.3, 0.4) is 0 Å². The van der Waals surface area contributed by atoms with Crippen LogP contribution in [0.1, 0.15) is 24.1 Å². The Kier molecular flexibility index (Phi) is 3.13. The van der Waals surface area contributed by atoms with Gasteiger partial charge in [-0.3, -0.25) is 4.68 Å². The third-order valence-corrected chi connectivity index (χ3v) is 2.80. The third-order valence-electron chi connectivity index (χ3n) is 2.80. The van der Waals surface area contributed by atoms with Crippen molar-refractivity contribution in [1.82, 2.24) is 9.78 Å². The highest BCUT2D eigenvalue weighted by molar-refractivity contribution is 5.52. The van der Waals surface area contributed by atoms with Crippen LogP contribution < -0.4 is 5.32 Å². The zero-order valence-corrected chi connectivity index (χ0v) is 10.2. The second-order valence-electron chi connectivity index (χ2n) is 4.27. The van der Waals surface area contributed by atoms with Gasteiger partial charge in [0.15, 0.2) is 0 Å². The predicted molar refractivity (Wildman–Crippen MR) is 66.4 cm³/mol. The molecule has 0 aliphatic heterocycles.